The zero-order valence-electron chi connectivity index (χ0n) is 17.8. The Morgan fingerprint density at radius 1 is 1.10 bits per heavy atom. The Kier molecular flexibility index (Phi) is 8.78. The summed E-state index contributed by atoms with van der Waals surface area (Å²) in [4.78, 5) is 4.59. The number of aliphatic hydroxyl groups excluding tert-OH is 1. The average molecular weight is 434 g/mol. The first kappa shape index (κ1) is 22.8. The Morgan fingerprint density at radius 3 is 2.63 bits per heavy atom. The third-order valence-corrected chi connectivity index (χ3v) is 5.54. The van der Waals surface area contributed by atoms with Crippen molar-refractivity contribution in [2.75, 3.05) is 53.5 Å². The monoisotopic (exact) mass is 433 g/mol. The second kappa shape index (κ2) is 11.5. The molecule has 6 nitrogen and oxygen atoms in total. The normalized spacial score (nSPS) is 16.4. The van der Waals surface area contributed by atoms with Gasteiger partial charge in [-0.05, 0) is 30.8 Å². The van der Waals surface area contributed by atoms with Gasteiger partial charge < -0.3 is 24.8 Å². The van der Waals surface area contributed by atoms with Crippen molar-refractivity contribution in [3.05, 3.63) is 58.6 Å². The molecule has 1 atom stereocenters. The fourth-order valence-electron chi connectivity index (χ4n) is 3.50. The van der Waals surface area contributed by atoms with Crippen molar-refractivity contribution in [1.29, 1.82) is 0 Å². The maximum absolute atomic E-state index is 10.5. The number of methoxy groups -OCH3 is 1. The summed E-state index contributed by atoms with van der Waals surface area (Å²) in [6.45, 7) is 6.24. The van der Waals surface area contributed by atoms with Gasteiger partial charge in [0.05, 0.1) is 7.11 Å². The molecule has 1 fully saturated rings. The van der Waals surface area contributed by atoms with Gasteiger partial charge >= 0.3 is 0 Å². The van der Waals surface area contributed by atoms with E-state index < -0.39 is 6.10 Å². The van der Waals surface area contributed by atoms with Gasteiger partial charge in [-0.15, -0.1) is 0 Å². The van der Waals surface area contributed by atoms with E-state index >= 15 is 0 Å². The zero-order valence-corrected chi connectivity index (χ0v) is 18.6. The van der Waals surface area contributed by atoms with Gasteiger partial charge in [-0.3, -0.25) is 4.90 Å². The standard InChI is InChI=1S/C23H32ClN3O3/c1-26-8-10-27(11-9-26)16-21(28)17-30-23-13-22(29-2)7-6-19(23)15-25-14-18-4-3-5-20(24)12-18/h3-7,12-13,21,25,28H,8-11,14-17H2,1-2H3/t21-/m0/s1. The molecule has 1 heterocycles. The van der Waals surface area contributed by atoms with Crippen LogP contribution in [-0.2, 0) is 13.1 Å². The van der Waals surface area contributed by atoms with Gasteiger partial charge in [0.15, 0.2) is 0 Å². The van der Waals surface area contributed by atoms with E-state index in [9.17, 15) is 5.11 Å². The van der Waals surface area contributed by atoms with Gasteiger partial charge in [-0.1, -0.05) is 29.8 Å². The molecule has 1 saturated heterocycles. The quantitative estimate of drug-likeness (QED) is 0.600. The van der Waals surface area contributed by atoms with Crippen molar-refractivity contribution in [3.8, 4) is 11.5 Å². The van der Waals surface area contributed by atoms with Crippen LogP contribution in [-0.4, -0.2) is 74.5 Å². The van der Waals surface area contributed by atoms with Crippen LogP contribution in [0, 0.1) is 0 Å². The third kappa shape index (κ3) is 7.15. The first-order chi connectivity index (χ1) is 14.5. The lowest BCUT2D eigenvalue weighted by molar-refractivity contribution is 0.0501. The van der Waals surface area contributed by atoms with E-state index in [2.05, 4.69) is 22.2 Å². The van der Waals surface area contributed by atoms with Crippen molar-refractivity contribution in [2.45, 2.75) is 19.2 Å². The van der Waals surface area contributed by atoms with Crippen LogP contribution in [0.4, 0.5) is 0 Å². The van der Waals surface area contributed by atoms with E-state index in [4.69, 9.17) is 21.1 Å². The number of aliphatic hydroxyl groups is 1. The minimum Gasteiger partial charge on any atom is -0.497 e. The maximum atomic E-state index is 10.5. The van der Waals surface area contributed by atoms with Gasteiger partial charge in [0.25, 0.3) is 0 Å². The summed E-state index contributed by atoms with van der Waals surface area (Å²) in [5.74, 6) is 1.46. The molecule has 2 aromatic carbocycles. The number of piperazine rings is 1. The predicted octanol–water partition coefficient (Wildman–Crippen LogP) is 2.63. The molecular weight excluding hydrogens is 402 g/mol. The number of ether oxygens (including phenoxy) is 2. The molecule has 0 amide bonds. The molecule has 1 aliphatic heterocycles. The number of nitrogens with one attached hydrogen (secondary N) is 1. The molecule has 7 heteroatoms. The number of nitrogens with zero attached hydrogens (tertiary/aromatic N) is 2. The van der Waals surface area contributed by atoms with Crippen LogP contribution in [0.15, 0.2) is 42.5 Å². The average Bonchev–Trinajstić information content (AvgIpc) is 2.74. The molecule has 0 aliphatic carbocycles. The summed E-state index contributed by atoms with van der Waals surface area (Å²) in [6.07, 6.45) is -0.535. The van der Waals surface area contributed by atoms with E-state index in [1.807, 2.05) is 42.5 Å². The fourth-order valence-corrected chi connectivity index (χ4v) is 3.71. The zero-order chi connectivity index (χ0) is 21.3. The number of benzene rings is 2. The van der Waals surface area contributed by atoms with Crippen molar-refractivity contribution < 1.29 is 14.6 Å². The van der Waals surface area contributed by atoms with Crippen LogP contribution in [0.1, 0.15) is 11.1 Å². The Labute approximate surface area is 184 Å². The number of halogens is 1. The molecular formula is C23H32ClN3O3. The van der Waals surface area contributed by atoms with Crippen LogP contribution in [0.25, 0.3) is 0 Å². The SMILES string of the molecule is COc1ccc(CNCc2cccc(Cl)c2)c(OC[C@@H](O)CN2CCN(C)CC2)c1. The van der Waals surface area contributed by atoms with Crippen molar-refractivity contribution in [2.24, 2.45) is 0 Å². The van der Waals surface area contributed by atoms with E-state index in [0.717, 1.165) is 53.8 Å². The highest BCUT2D eigenvalue weighted by molar-refractivity contribution is 6.30. The molecule has 0 bridgehead atoms. The lowest BCUT2D eigenvalue weighted by atomic mass is 10.1. The Bertz CT molecular complexity index is 797. The molecule has 164 valence electrons. The molecule has 0 aromatic heterocycles. The number of likely N-dealkylation sites (N-methyl/N-ethyl adjacent to an activating group) is 1. The van der Waals surface area contributed by atoms with Crippen LogP contribution < -0.4 is 14.8 Å². The Hall–Kier alpha value is -1.83. The number of rotatable bonds is 10. The van der Waals surface area contributed by atoms with Crippen molar-refractivity contribution in [3.63, 3.8) is 0 Å². The van der Waals surface area contributed by atoms with E-state index in [1.165, 1.54) is 0 Å². The topological polar surface area (TPSA) is 57.2 Å². The van der Waals surface area contributed by atoms with Crippen LogP contribution in [0.5, 0.6) is 11.5 Å². The fraction of sp³-hybridized carbons (Fsp3) is 0.478. The summed E-state index contributed by atoms with van der Waals surface area (Å²) in [5.41, 5.74) is 2.14. The number of hydrogen-bond acceptors (Lipinski definition) is 6. The molecule has 30 heavy (non-hydrogen) atoms. The summed E-state index contributed by atoms with van der Waals surface area (Å²) in [7, 11) is 3.76. The molecule has 3 rings (SSSR count). The van der Waals surface area contributed by atoms with Gasteiger partial charge in [0, 0.05) is 62.5 Å². The van der Waals surface area contributed by atoms with Crippen molar-refractivity contribution in [1.82, 2.24) is 15.1 Å². The highest BCUT2D eigenvalue weighted by Crippen LogP contribution is 2.25. The van der Waals surface area contributed by atoms with E-state index in [1.54, 1.807) is 7.11 Å². The molecule has 0 radical (unpaired) electrons. The summed E-state index contributed by atoms with van der Waals surface area (Å²) < 4.78 is 11.3. The molecule has 1 aliphatic rings. The van der Waals surface area contributed by atoms with Gasteiger partial charge in [0.2, 0.25) is 0 Å². The highest BCUT2D eigenvalue weighted by Gasteiger charge is 2.18. The van der Waals surface area contributed by atoms with Gasteiger partial charge in [-0.25, -0.2) is 0 Å². The predicted molar refractivity (Wildman–Crippen MR) is 120 cm³/mol. The van der Waals surface area contributed by atoms with Crippen molar-refractivity contribution >= 4 is 11.6 Å². The molecule has 0 unspecified atom stereocenters. The smallest absolute Gasteiger partial charge is 0.127 e. The lowest BCUT2D eigenvalue weighted by Gasteiger charge is -2.33. The molecule has 0 spiro atoms. The second-order valence-corrected chi connectivity index (χ2v) is 8.21. The molecule has 0 saturated carbocycles. The summed E-state index contributed by atoms with van der Waals surface area (Å²) >= 11 is 6.06. The maximum Gasteiger partial charge on any atom is 0.127 e. The van der Waals surface area contributed by atoms with Crippen LogP contribution >= 0.6 is 11.6 Å². The van der Waals surface area contributed by atoms with Crippen LogP contribution in [0.3, 0.4) is 0 Å². The summed E-state index contributed by atoms with van der Waals surface area (Å²) in [6, 6.07) is 13.6. The summed E-state index contributed by atoms with van der Waals surface area (Å²) in [5, 5.41) is 14.6. The Morgan fingerprint density at radius 2 is 1.90 bits per heavy atom. The van der Waals surface area contributed by atoms with E-state index in [0.29, 0.717) is 19.6 Å². The van der Waals surface area contributed by atoms with Crippen LogP contribution in [0.2, 0.25) is 5.02 Å². The van der Waals surface area contributed by atoms with Gasteiger partial charge in [0.1, 0.15) is 24.2 Å². The first-order valence-electron chi connectivity index (χ1n) is 10.4. The minimum atomic E-state index is -0.535. The number of hydrogen-bond donors (Lipinski definition) is 2. The third-order valence-electron chi connectivity index (χ3n) is 5.30. The lowest BCUT2D eigenvalue weighted by Crippen LogP contribution is -2.47. The molecule has 2 aromatic rings. The number of β-amino-alcohol motifs (C(OH)–C–C–N with tert-alkyl or cyclic N) is 1. The Balaban J connectivity index is 1.53. The largest absolute Gasteiger partial charge is 0.497 e. The second-order valence-electron chi connectivity index (χ2n) is 7.78. The highest BCUT2D eigenvalue weighted by atomic mass is 35.5. The van der Waals surface area contributed by atoms with E-state index in [-0.39, 0.29) is 6.61 Å². The molecule has 2 N–H and O–H groups in total. The first-order valence-corrected chi connectivity index (χ1v) is 10.7. The van der Waals surface area contributed by atoms with Gasteiger partial charge in [-0.2, -0.15) is 0 Å². The minimum absolute atomic E-state index is 0.251.